The molecule has 150 valence electrons. The van der Waals surface area contributed by atoms with Crippen molar-refractivity contribution in [2.75, 3.05) is 25.6 Å². The molecule has 1 aliphatic rings. The van der Waals surface area contributed by atoms with E-state index in [0.717, 1.165) is 47.7 Å². The van der Waals surface area contributed by atoms with Crippen LogP contribution in [0.3, 0.4) is 0 Å². The van der Waals surface area contributed by atoms with Gasteiger partial charge in [-0.2, -0.15) is 0 Å². The first kappa shape index (κ1) is 20.4. The number of nitrogens with zero attached hydrogens (tertiary/aromatic N) is 2. The number of aliphatic imine (C=N–C) groups is 1. The quantitative estimate of drug-likeness (QED) is 0.473. The Labute approximate surface area is 170 Å². The van der Waals surface area contributed by atoms with E-state index < -0.39 is 0 Å². The van der Waals surface area contributed by atoms with E-state index in [1.54, 1.807) is 31.7 Å². The van der Waals surface area contributed by atoms with Gasteiger partial charge in [0.05, 0.1) is 19.3 Å². The first-order valence-corrected chi connectivity index (χ1v) is 9.37. The van der Waals surface area contributed by atoms with Crippen molar-refractivity contribution in [2.45, 2.75) is 12.6 Å². The van der Waals surface area contributed by atoms with Gasteiger partial charge in [-0.3, -0.25) is 14.8 Å². The number of carbonyl (C=O) groups excluding carboxylic acids is 1. The number of hydrogen-bond donors (Lipinski definition) is 3. The molecule has 0 atom stereocenters. The first-order chi connectivity index (χ1) is 14.2. The van der Waals surface area contributed by atoms with Gasteiger partial charge in [0.15, 0.2) is 0 Å². The number of benzene rings is 1. The maximum Gasteiger partial charge on any atom is 0.248 e. The van der Waals surface area contributed by atoms with Crippen LogP contribution in [0.1, 0.15) is 16.7 Å². The average molecular weight is 391 g/mol. The maximum atomic E-state index is 12.3. The number of rotatable bonds is 8. The lowest BCUT2D eigenvalue weighted by molar-refractivity contribution is -0.111. The van der Waals surface area contributed by atoms with Crippen LogP contribution in [0.15, 0.2) is 60.0 Å². The van der Waals surface area contributed by atoms with Gasteiger partial charge < -0.3 is 21.1 Å². The largest absolute Gasteiger partial charge is 0.404 e. The summed E-state index contributed by atoms with van der Waals surface area (Å²) in [7, 11) is 1.68. The summed E-state index contributed by atoms with van der Waals surface area (Å²) >= 11 is 0. The standard InChI is InChI=1S/C22H25N5O2/c1-24-12-18(10-23)21-8-9-25-13-17(21)4-7-22(28)27-19-5-2-16(3-6-19)11-26-20-14-29-15-20/h2-10,12-13,20,26H,11,14-15,23H2,1H3,(H,27,28)/b7-4+,18-10?,24-12?. The van der Waals surface area contributed by atoms with E-state index in [-0.39, 0.29) is 5.91 Å². The normalized spacial score (nSPS) is 15.0. The maximum absolute atomic E-state index is 12.3. The number of ether oxygens (including phenoxy) is 1. The zero-order chi connectivity index (χ0) is 20.5. The topological polar surface area (TPSA) is 102 Å². The van der Waals surface area contributed by atoms with Crippen LogP contribution in [0, 0.1) is 0 Å². The number of carbonyl (C=O) groups is 1. The molecule has 1 saturated heterocycles. The Hall–Kier alpha value is -3.29. The van der Waals surface area contributed by atoms with Crippen LogP contribution in [-0.4, -0.2) is 43.4 Å². The van der Waals surface area contributed by atoms with E-state index >= 15 is 0 Å². The molecule has 2 heterocycles. The van der Waals surface area contributed by atoms with Crippen molar-refractivity contribution in [1.29, 1.82) is 0 Å². The highest BCUT2D eigenvalue weighted by atomic mass is 16.5. The Bertz CT molecular complexity index is 915. The Morgan fingerprint density at radius 1 is 1.31 bits per heavy atom. The zero-order valence-electron chi connectivity index (χ0n) is 16.3. The molecule has 0 spiro atoms. The number of nitrogens with one attached hydrogen (secondary N) is 2. The van der Waals surface area contributed by atoms with E-state index in [1.165, 1.54) is 12.3 Å². The van der Waals surface area contributed by atoms with Gasteiger partial charge in [-0.25, -0.2) is 0 Å². The average Bonchev–Trinajstić information content (AvgIpc) is 2.71. The number of aromatic nitrogens is 1. The van der Waals surface area contributed by atoms with Crippen molar-refractivity contribution in [1.82, 2.24) is 10.3 Å². The zero-order valence-corrected chi connectivity index (χ0v) is 16.3. The first-order valence-electron chi connectivity index (χ1n) is 9.37. The molecular weight excluding hydrogens is 366 g/mol. The van der Waals surface area contributed by atoms with E-state index in [4.69, 9.17) is 10.5 Å². The van der Waals surface area contributed by atoms with Crippen LogP contribution in [0.2, 0.25) is 0 Å². The number of amides is 1. The van der Waals surface area contributed by atoms with Crippen LogP contribution in [0.25, 0.3) is 11.6 Å². The molecule has 1 aromatic heterocycles. The summed E-state index contributed by atoms with van der Waals surface area (Å²) in [5, 5.41) is 6.27. The van der Waals surface area contributed by atoms with Crippen LogP contribution in [0.5, 0.6) is 0 Å². The summed E-state index contributed by atoms with van der Waals surface area (Å²) in [4.78, 5) is 20.4. The molecule has 0 radical (unpaired) electrons. The molecule has 4 N–H and O–H groups in total. The van der Waals surface area contributed by atoms with Gasteiger partial charge in [0.25, 0.3) is 0 Å². The van der Waals surface area contributed by atoms with Gasteiger partial charge in [-0.1, -0.05) is 12.1 Å². The third-order valence-electron chi connectivity index (χ3n) is 4.48. The molecule has 2 aromatic rings. The van der Waals surface area contributed by atoms with Crippen molar-refractivity contribution in [3.8, 4) is 0 Å². The Balaban J connectivity index is 1.60. The molecule has 1 aliphatic heterocycles. The second kappa shape index (κ2) is 10.3. The fourth-order valence-electron chi connectivity index (χ4n) is 2.81. The van der Waals surface area contributed by atoms with Crippen molar-refractivity contribution < 1.29 is 9.53 Å². The minimum absolute atomic E-state index is 0.222. The number of nitrogens with two attached hydrogens (primary N) is 1. The lowest BCUT2D eigenvalue weighted by atomic mass is 10.0. The second-order valence-corrected chi connectivity index (χ2v) is 6.61. The van der Waals surface area contributed by atoms with Crippen molar-refractivity contribution in [3.05, 3.63) is 71.7 Å². The van der Waals surface area contributed by atoms with Crippen molar-refractivity contribution >= 4 is 29.5 Å². The summed E-state index contributed by atoms with van der Waals surface area (Å²) in [5.74, 6) is -0.222. The summed E-state index contributed by atoms with van der Waals surface area (Å²) in [6.07, 6.45) is 9.69. The van der Waals surface area contributed by atoms with Gasteiger partial charge in [0.1, 0.15) is 0 Å². The Morgan fingerprint density at radius 3 is 2.76 bits per heavy atom. The van der Waals surface area contributed by atoms with Gasteiger partial charge in [0, 0.05) is 61.3 Å². The van der Waals surface area contributed by atoms with Crippen molar-refractivity contribution in [2.24, 2.45) is 10.7 Å². The summed E-state index contributed by atoms with van der Waals surface area (Å²) < 4.78 is 5.14. The van der Waals surface area contributed by atoms with Crippen LogP contribution < -0.4 is 16.4 Å². The second-order valence-electron chi connectivity index (χ2n) is 6.61. The van der Waals surface area contributed by atoms with E-state index in [1.807, 2.05) is 30.3 Å². The molecule has 0 aliphatic carbocycles. The summed E-state index contributed by atoms with van der Waals surface area (Å²) in [5.41, 5.74) is 9.97. The molecule has 1 amide bonds. The molecule has 1 fully saturated rings. The van der Waals surface area contributed by atoms with Crippen molar-refractivity contribution in [3.63, 3.8) is 0 Å². The number of anilines is 1. The highest BCUT2D eigenvalue weighted by Gasteiger charge is 2.16. The smallest absolute Gasteiger partial charge is 0.248 e. The Morgan fingerprint density at radius 2 is 2.10 bits per heavy atom. The molecule has 7 nitrogen and oxygen atoms in total. The molecule has 1 aromatic carbocycles. The van der Waals surface area contributed by atoms with E-state index in [9.17, 15) is 4.79 Å². The third kappa shape index (κ3) is 5.84. The molecule has 7 heteroatoms. The summed E-state index contributed by atoms with van der Waals surface area (Å²) in [6, 6.07) is 10.0. The molecule has 0 unspecified atom stereocenters. The van der Waals surface area contributed by atoms with Gasteiger partial charge in [-0.05, 0) is 35.4 Å². The Kier molecular flexibility index (Phi) is 7.27. The molecule has 3 rings (SSSR count). The molecule has 0 bridgehead atoms. The number of hydrogen-bond acceptors (Lipinski definition) is 6. The lowest BCUT2D eigenvalue weighted by Gasteiger charge is -2.27. The third-order valence-corrected chi connectivity index (χ3v) is 4.48. The predicted molar refractivity (Wildman–Crippen MR) is 116 cm³/mol. The minimum Gasteiger partial charge on any atom is -0.404 e. The number of pyridine rings is 1. The van der Waals surface area contributed by atoms with Crippen LogP contribution in [0.4, 0.5) is 5.69 Å². The predicted octanol–water partition coefficient (Wildman–Crippen LogP) is 2.22. The van der Waals surface area contributed by atoms with Gasteiger partial charge in [-0.15, -0.1) is 0 Å². The van der Waals surface area contributed by atoms with E-state index in [0.29, 0.717) is 6.04 Å². The monoisotopic (exact) mass is 391 g/mol. The molecular formula is C22H25N5O2. The van der Waals surface area contributed by atoms with E-state index in [2.05, 4.69) is 20.6 Å². The van der Waals surface area contributed by atoms with Gasteiger partial charge in [0.2, 0.25) is 5.91 Å². The SMILES string of the molecule is CN=CC(=CN)c1ccncc1/C=C/C(=O)Nc1ccc(CNC2COC2)cc1. The fraction of sp³-hybridized carbons (Fsp3) is 0.227. The molecule has 29 heavy (non-hydrogen) atoms. The van der Waals surface area contributed by atoms with Crippen LogP contribution >= 0.6 is 0 Å². The lowest BCUT2D eigenvalue weighted by Crippen LogP contribution is -2.45. The minimum atomic E-state index is -0.222. The fourth-order valence-corrected chi connectivity index (χ4v) is 2.81. The highest BCUT2D eigenvalue weighted by molar-refractivity contribution is 6.11. The molecule has 0 saturated carbocycles. The highest BCUT2D eigenvalue weighted by Crippen LogP contribution is 2.18. The van der Waals surface area contributed by atoms with Crippen LogP contribution in [-0.2, 0) is 16.1 Å². The summed E-state index contributed by atoms with van der Waals surface area (Å²) in [6.45, 7) is 2.32. The number of allylic oxidation sites excluding steroid dienone is 1. The van der Waals surface area contributed by atoms with Gasteiger partial charge >= 0.3 is 0 Å².